The summed E-state index contributed by atoms with van der Waals surface area (Å²) in [5.74, 6) is 0.211. The topological polar surface area (TPSA) is 106 Å². The van der Waals surface area contributed by atoms with Gasteiger partial charge in [-0.25, -0.2) is 9.78 Å². The summed E-state index contributed by atoms with van der Waals surface area (Å²) >= 11 is 11.8. The highest BCUT2D eigenvalue weighted by molar-refractivity contribution is 6.35. The van der Waals surface area contributed by atoms with Gasteiger partial charge < -0.3 is 15.8 Å². The van der Waals surface area contributed by atoms with Gasteiger partial charge in [-0.3, -0.25) is 10.1 Å². The molecule has 0 saturated heterocycles. The Kier molecular flexibility index (Phi) is 5.83. The number of carbonyl (C=O) groups is 2. The molecule has 0 radical (unpaired) electrons. The quantitative estimate of drug-likeness (QED) is 0.751. The number of rotatable bonds is 5. The summed E-state index contributed by atoms with van der Waals surface area (Å²) in [5.41, 5.74) is 5.56. The Morgan fingerprint density at radius 3 is 2.50 bits per heavy atom. The predicted octanol–water partition coefficient (Wildman–Crippen LogP) is 3.18. The number of ether oxygens (including phenoxy) is 1. The summed E-state index contributed by atoms with van der Waals surface area (Å²) in [4.78, 5) is 26.2. The lowest BCUT2D eigenvalue weighted by molar-refractivity contribution is -0.120. The fourth-order valence-electron chi connectivity index (χ4n) is 1.75. The Bertz CT molecular complexity index is 753. The molecular formula is C15H14Cl2N4O3. The Morgan fingerprint density at radius 2 is 1.92 bits per heavy atom. The van der Waals surface area contributed by atoms with E-state index in [2.05, 4.69) is 10.3 Å². The number of carbonyl (C=O) groups excluding carboxylic acids is 2. The number of urea groups is 1. The summed E-state index contributed by atoms with van der Waals surface area (Å²) in [6.07, 6.45) is 1.43. The van der Waals surface area contributed by atoms with Crippen molar-refractivity contribution in [2.75, 3.05) is 5.32 Å². The molecular weight excluding hydrogens is 355 g/mol. The molecule has 0 aliphatic rings. The summed E-state index contributed by atoms with van der Waals surface area (Å²) in [7, 11) is 0. The molecule has 4 N–H and O–H groups in total. The van der Waals surface area contributed by atoms with Crippen LogP contribution in [0.3, 0.4) is 0 Å². The number of hydrogen-bond acceptors (Lipinski definition) is 5. The Morgan fingerprint density at radius 1 is 1.25 bits per heavy atom. The largest absolute Gasteiger partial charge is 0.438 e. The number of primary amides is 1. The minimum absolute atomic E-state index is 0.232. The van der Waals surface area contributed by atoms with E-state index in [-0.39, 0.29) is 5.88 Å². The van der Waals surface area contributed by atoms with E-state index in [0.29, 0.717) is 21.5 Å². The van der Waals surface area contributed by atoms with E-state index in [1.54, 1.807) is 31.2 Å². The van der Waals surface area contributed by atoms with Gasteiger partial charge in [0.2, 0.25) is 11.8 Å². The monoisotopic (exact) mass is 368 g/mol. The molecule has 1 heterocycles. The zero-order chi connectivity index (χ0) is 17.7. The number of imide groups is 1. The van der Waals surface area contributed by atoms with Crippen molar-refractivity contribution in [2.24, 2.45) is 5.73 Å². The van der Waals surface area contributed by atoms with Gasteiger partial charge in [-0.05, 0) is 37.3 Å². The highest BCUT2D eigenvalue weighted by atomic mass is 35.5. The zero-order valence-corrected chi connectivity index (χ0v) is 14.1. The number of nitrogens with zero attached hydrogens (tertiary/aromatic N) is 1. The van der Waals surface area contributed by atoms with Gasteiger partial charge in [0, 0.05) is 11.9 Å². The van der Waals surface area contributed by atoms with Crippen LogP contribution in [-0.4, -0.2) is 23.0 Å². The van der Waals surface area contributed by atoms with E-state index in [0.717, 1.165) is 0 Å². The normalized spacial score (nSPS) is 11.5. The summed E-state index contributed by atoms with van der Waals surface area (Å²) in [6, 6.07) is 6.74. The van der Waals surface area contributed by atoms with E-state index in [4.69, 9.17) is 33.7 Å². The number of amides is 3. The van der Waals surface area contributed by atoms with Crippen molar-refractivity contribution in [3.05, 3.63) is 46.6 Å². The Hall–Kier alpha value is -2.51. The average Bonchev–Trinajstić information content (AvgIpc) is 2.51. The molecule has 0 fully saturated rings. The Labute approximate surface area is 148 Å². The van der Waals surface area contributed by atoms with Crippen molar-refractivity contribution in [1.29, 1.82) is 0 Å². The molecule has 0 aliphatic carbocycles. The third-order valence-electron chi connectivity index (χ3n) is 2.87. The van der Waals surface area contributed by atoms with E-state index in [1.807, 2.05) is 5.32 Å². The molecule has 2 aromatic rings. The van der Waals surface area contributed by atoms with Crippen LogP contribution in [0.2, 0.25) is 10.0 Å². The SMILES string of the molecule is C[C@@H](Nc1ccc(Oc2ncc(Cl)cc2Cl)cc1)C(=O)NC(N)=O. The number of anilines is 1. The Balaban J connectivity index is 2.00. The molecule has 0 aliphatic heterocycles. The van der Waals surface area contributed by atoms with Crippen molar-refractivity contribution in [2.45, 2.75) is 13.0 Å². The number of pyridine rings is 1. The van der Waals surface area contributed by atoms with Crippen molar-refractivity contribution < 1.29 is 14.3 Å². The van der Waals surface area contributed by atoms with Gasteiger partial charge in [0.25, 0.3) is 0 Å². The lowest BCUT2D eigenvalue weighted by atomic mass is 10.2. The first kappa shape index (κ1) is 17.8. The predicted molar refractivity (Wildman–Crippen MR) is 91.6 cm³/mol. The minimum Gasteiger partial charge on any atom is -0.438 e. The molecule has 7 nitrogen and oxygen atoms in total. The highest BCUT2D eigenvalue weighted by Gasteiger charge is 2.14. The van der Waals surface area contributed by atoms with Gasteiger partial charge in [0.15, 0.2) is 0 Å². The number of halogens is 2. The fourth-order valence-corrected chi connectivity index (χ4v) is 2.17. The second-order valence-electron chi connectivity index (χ2n) is 4.79. The zero-order valence-electron chi connectivity index (χ0n) is 12.5. The van der Waals surface area contributed by atoms with Crippen LogP contribution in [0.1, 0.15) is 6.92 Å². The minimum atomic E-state index is -0.898. The van der Waals surface area contributed by atoms with Gasteiger partial charge in [-0.1, -0.05) is 23.2 Å². The summed E-state index contributed by atoms with van der Waals surface area (Å²) in [6.45, 7) is 1.60. The number of nitrogens with one attached hydrogen (secondary N) is 2. The van der Waals surface area contributed by atoms with Crippen molar-refractivity contribution in [1.82, 2.24) is 10.3 Å². The number of aromatic nitrogens is 1. The highest BCUT2D eigenvalue weighted by Crippen LogP contribution is 2.29. The van der Waals surface area contributed by atoms with Gasteiger partial charge >= 0.3 is 6.03 Å². The molecule has 0 spiro atoms. The summed E-state index contributed by atoms with van der Waals surface area (Å²) < 4.78 is 5.55. The molecule has 9 heteroatoms. The first-order chi connectivity index (χ1) is 11.3. The van der Waals surface area contributed by atoms with Crippen LogP contribution in [-0.2, 0) is 4.79 Å². The molecule has 0 bridgehead atoms. The molecule has 2 rings (SSSR count). The molecule has 1 aromatic heterocycles. The number of benzene rings is 1. The first-order valence-corrected chi connectivity index (χ1v) is 7.56. The summed E-state index contributed by atoms with van der Waals surface area (Å²) in [5, 5.41) is 5.62. The van der Waals surface area contributed by atoms with E-state index < -0.39 is 18.0 Å². The third-order valence-corrected chi connectivity index (χ3v) is 3.34. The number of nitrogens with two attached hydrogens (primary N) is 1. The van der Waals surface area contributed by atoms with Gasteiger partial charge in [0.05, 0.1) is 5.02 Å². The fraction of sp³-hybridized carbons (Fsp3) is 0.133. The molecule has 1 aromatic carbocycles. The van der Waals surface area contributed by atoms with Gasteiger partial charge in [0.1, 0.15) is 16.8 Å². The van der Waals surface area contributed by atoms with Crippen LogP contribution in [0.5, 0.6) is 11.6 Å². The van der Waals surface area contributed by atoms with E-state index in [1.165, 1.54) is 12.3 Å². The molecule has 3 amide bonds. The van der Waals surface area contributed by atoms with E-state index in [9.17, 15) is 9.59 Å². The average molecular weight is 369 g/mol. The van der Waals surface area contributed by atoms with Crippen molar-refractivity contribution in [3.63, 3.8) is 0 Å². The van der Waals surface area contributed by atoms with Crippen LogP contribution < -0.4 is 21.1 Å². The molecule has 1 atom stereocenters. The molecule has 0 saturated carbocycles. The van der Waals surface area contributed by atoms with Crippen LogP contribution >= 0.6 is 23.2 Å². The van der Waals surface area contributed by atoms with E-state index >= 15 is 0 Å². The maximum Gasteiger partial charge on any atom is 0.318 e. The van der Waals surface area contributed by atoms with Crippen LogP contribution in [0.25, 0.3) is 0 Å². The second kappa shape index (κ2) is 7.85. The smallest absolute Gasteiger partial charge is 0.318 e. The maximum absolute atomic E-state index is 11.6. The molecule has 126 valence electrons. The molecule has 0 unspecified atom stereocenters. The standard InChI is InChI=1S/C15H14Cl2N4O3/c1-8(13(22)21-15(18)23)20-10-2-4-11(5-3-10)24-14-12(17)6-9(16)7-19-14/h2-8,20H,1H3,(H3,18,21,22,23)/t8-/m1/s1. The second-order valence-corrected chi connectivity index (χ2v) is 5.63. The first-order valence-electron chi connectivity index (χ1n) is 6.81. The van der Waals surface area contributed by atoms with Crippen LogP contribution in [0.15, 0.2) is 36.5 Å². The van der Waals surface area contributed by atoms with Gasteiger partial charge in [-0.15, -0.1) is 0 Å². The van der Waals surface area contributed by atoms with Crippen molar-refractivity contribution in [3.8, 4) is 11.6 Å². The van der Waals surface area contributed by atoms with Gasteiger partial charge in [-0.2, -0.15) is 0 Å². The van der Waals surface area contributed by atoms with Crippen LogP contribution in [0.4, 0.5) is 10.5 Å². The maximum atomic E-state index is 11.6. The van der Waals surface area contributed by atoms with Crippen LogP contribution in [0, 0.1) is 0 Å². The lowest BCUT2D eigenvalue weighted by Crippen LogP contribution is -2.43. The third kappa shape index (κ3) is 5.00. The number of hydrogen-bond donors (Lipinski definition) is 3. The molecule has 24 heavy (non-hydrogen) atoms. The lowest BCUT2D eigenvalue weighted by Gasteiger charge is -2.14. The van der Waals surface area contributed by atoms with Crippen molar-refractivity contribution >= 4 is 40.8 Å².